The zero-order chi connectivity index (χ0) is 18.5. The minimum absolute atomic E-state index is 0.108. The SMILES string of the molecule is CC(=O)Nc1cc(CCC2CCN(C(=O)c3scnc3C)CC2)ccn1. The van der Waals surface area contributed by atoms with Crippen molar-refractivity contribution in [3.63, 3.8) is 0 Å². The Morgan fingerprint density at radius 3 is 2.73 bits per heavy atom. The van der Waals surface area contributed by atoms with Gasteiger partial charge in [-0.3, -0.25) is 9.59 Å². The number of aromatic nitrogens is 2. The van der Waals surface area contributed by atoms with Gasteiger partial charge in [0.15, 0.2) is 0 Å². The van der Waals surface area contributed by atoms with Crippen LogP contribution in [0.4, 0.5) is 5.82 Å². The number of carbonyl (C=O) groups is 2. The molecular weight excluding hydrogens is 348 g/mol. The number of amides is 2. The number of hydrogen-bond acceptors (Lipinski definition) is 5. The molecule has 3 rings (SSSR count). The summed E-state index contributed by atoms with van der Waals surface area (Å²) in [5.41, 5.74) is 3.75. The standard InChI is InChI=1S/C19H24N4O2S/c1-13-18(26-12-21-13)19(25)23-9-6-15(7-10-23)3-4-16-5-8-20-17(11-16)22-14(2)24/h5,8,11-12,15H,3-4,6-7,9-10H2,1-2H3,(H,20,22,24). The molecule has 2 amide bonds. The summed E-state index contributed by atoms with van der Waals surface area (Å²) in [4.78, 5) is 34.7. The molecule has 138 valence electrons. The maximum atomic E-state index is 12.5. The largest absolute Gasteiger partial charge is 0.338 e. The number of likely N-dealkylation sites (tertiary alicyclic amines) is 1. The molecule has 1 fully saturated rings. The maximum Gasteiger partial charge on any atom is 0.265 e. The van der Waals surface area contributed by atoms with Gasteiger partial charge < -0.3 is 10.2 Å². The number of thiazole rings is 1. The summed E-state index contributed by atoms with van der Waals surface area (Å²) in [7, 11) is 0. The van der Waals surface area contributed by atoms with Crippen molar-refractivity contribution < 1.29 is 9.59 Å². The van der Waals surface area contributed by atoms with Crippen LogP contribution < -0.4 is 5.32 Å². The molecule has 1 aliphatic heterocycles. The van der Waals surface area contributed by atoms with Gasteiger partial charge in [0, 0.05) is 26.2 Å². The van der Waals surface area contributed by atoms with E-state index in [1.165, 1.54) is 23.8 Å². The van der Waals surface area contributed by atoms with E-state index in [1.54, 1.807) is 11.7 Å². The molecule has 2 aromatic rings. The Morgan fingerprint density at radius 2 is 2.08 bits per heavy atom. The van der Waals surface area contributed by atoms with Crippen LogP contribution in [0, 0.1) is 12.8 Å². The van der Waals surface area contributed by atoms with Gasteiger partial charge >= 0.3 is 0 Å². The van der Waals surface area contributed by atoms with Gasteiger partial charge in [0.1, 0.15) is 10.7 Å². The molecule has 1 aliphatic rings. The van der Waals surface area contributed by atoms with Crippen LogP contribution >= 0.6 is 11.3 Å². The van der Waals surface area contributed by atoms with E-state index in [1.807, 2.05) is 24.0 Å². The summed E-state index contributed by atoms with van der Waals surface area (Å²) in [5, 5.41) is 2.72. The zero-order valence-electron chi connectivity index (χ0n) is 15.2. The molecule has 0 aromatic carbocycles. The molecule has 7 heteroatoms. The Kier molecular flexibility index (Phi) is 5.98. The lowest BCUT2D eigenvalue weighted by atomic mass is 9.90. The number of anilines is 1. The van der Waals surface area contributed by atoms with Gasteiger partial charge in [-0.15, -0.1) is 11.3 Å². The third kappa shape index (κ3) is 4.66. The number of rotatable bonds is 5. The van der Waals surface area contributed by atoms with Crippen LogP contribution in [0.1, 0.15) is 47.1 Å². The first-order chi connectivity index (χ1) is 12.5. The topological polar surface area (TPSA) is 75.2 Å². The van der Waals surface area contributed by atoms with Crippen molar-refractivity contribution in [1.29, 1.82) is 0 Å². The van der Waals surface area contributed by atoms with Crippen molar-refractivity contribution in [3.05, 3.63) is 40.0 Å². The Bertz CT molecular complexity index is 781. The van der Waals surface area contributed by atoms with Crippen molar-refractivity contribution >= 4 is 29.0 Å². The molecular formula is C19H24N4O2S. The molecule has 0 atom stereocenters. The van der Waals surface area contributed by atoms with E-state index in [0.717, 1.165) is 49.3 Å². The molecule has 0 aliphatic carbocycles. The highest BCUT2D eigenvalue weighted by atomic mass is 32.1. The second-order valence-corrected chi connectivity index (χ2v) is 7.63. The number of pyridine rings is 1. The lowest BCUT2D eigenvalue weighted by Crippen LogP contribution is -2.38. The number of aryl methyl sites for hydroxylation is 2. The Balaban J connectivity index is 1.48. The van der Waals surface area contributed by atoms with Crippen LogP contribution in [-0.4, -0.2) is 39.8 Å². The molecule has 3 heterocycles. The first-order valence-corrected chi connectivity index (χ1v) is 9.83. The number of carbonyl (C=O) groups excluding carboxylic acids is 2. The van der Waals surface area contributed by atoms with Crippen LogP contribution in [0.3, 0.4) is 0 Å². The van der Waals surface area contributed by atoms with Crippen molar-refractivity contribution in [1.82, 2.24) is 14.9 Å². The summed E-state index contributed by atoms with van der Waals surface area (Å²) in [5.74, 6) is 1.25. The third-order valence-corrected chi connectivity index (χ3v) is 5.73. The molecule has 0 unspecified atom stereocenters. The highest BCUT2D eigenvalue weighted by Gasteiger charge is 2.25. The quantitative estimate of drug-likeness (QED) is 0.874. The minimum Gasteiger partial charge on any atom is -0.338 e. The van der Waals surface area contributed by atoms with Gasteiger partial charge in [0.05, 0.1) is 11.2 Å². The van der Waals surface area contributed by atoms with E-state index in [4.69, 9.17) is 0 Å². The second-order valence-electron chi connectivity index (χ2n) is 6.77. The zero-order valence-corrected chi connectivity index (χ0v) is 16.0. The lowest BCUT2D eigenvalue weighted by molar-refractivity contribution is -0.114. The van der Waals surface area contributed by atoms with Crippen molar-refractivity contribution in [3.8, 4) is 0 Å². The van der Waals surface area contributed by atoms with E-state index in [0.29, 0.717) is 11.7 Å². The first kappa shape index (κ1) is 18.5. The predicted octanol–water partition coefficient (Wildman–Crippen LogP) is 3.29. The van der Waals surface area contributed by atoms with Crippen molar-refractivity contribution in [2.45, 2.75) is 39.5 Å². The fourth-order valence-electron chi connectivity index (χ4n) is 3.32. The molecule has 0 bridgehead atoms. The molecule has 2 aromatic heterocycles. The smallest absolute Gasteiger partial charge is 0.265 e. The van der Waals surface area contributed by atoms with Crippen LogP contribution in [0.15, 0.2) is 23.8 Å². The highest BCUT2D eigenvalue weighted by molar-refractivity contribution is 7.11. The van der Waals surface area contributed by atoms with Gasteiger partial charge in [0.25, 0.3) is 5.91 Å². The number of hydrogen-bond donors (Lipinski definition) is 1. The minimum atomic E-state index is -0.108. The summed E-state index contributed by atoms with van der Waals surface area (Å²) < 4.78 is 0. The molecule has 1 saturated heterocycles. The van der Waals surface area contributed by atoms with Crippen LogP contribution in [0.2, 0.25) is 0 Å². The van der Waals surface area contributed by atoms with Crippen molar-refractivity contribution in [2.24, 2.45) is 5.92 Å². The van der Waals surface area contributed by atoms with Gasteiger partial charge in [-0.2, -0.15) is 0 Å². The normalized spacial score (nSPS) is 15.1. The van der Waals surface area contributed by atoms with E-state index in [-0.39, 0.29) is 11.8 Å². The molecule has 0 spiro atoms. The third-order valence-electron chi connectivity index (χ3n) is 4.81. The van der Waals surface area contributed by atoms with Crippen LogP contribution in [-0.2, 0) is 11.2 Å². The summed E-state index contributed by atoms with van der Waals surface area (Å²) >= 11 is 1.43. The average Bonchev–Trinajstić information content (AvgIpc) is 3.05. The number of nitrogens with one attached hydrogen (secondary N) is 1. The van der Waals surface area contributed by atoms with Crippen LogP contribution in [0.25, 0.3) is 0 Å². The molecule has 1 N–H and O–H groups in total. The Labute approximate surface area is 157 Å². The van der Waals surface area contributed by atoms with Gasteiger partial charge in [-0.1, -0.05) is 0 Å². The molecule has 0 radical (unpaired) electrons. The highest BCUT2D eigenvalue weighted by Crippen LogP contribution is 2.25. The average molecular weight is 372 g/mol. The first-order valence-electron chi connectivity index (χ1n) is 8.95. The van der Waals surface area contributed by atoms with E-state index in [2.05, 4.69) is 15.3 Å². The van der Waals surface area contributed by atoms with E-state index >= 15 is 0 Å². The summed E-state index contributed by atoms with van der Waals surface area (Å²) in [6, 6.07) is 3.93. The van der Waals surface area contributed by atoms with Crippen LogP contribution in [0.5, 0.6) is 0 Å². The summed E-state index contributed by atoms with van der Waals surface area (Å²) in [6.45, 7) is 5.00. The van der Waals surface area contributed by atoms with Crippen molar-refractivity contribution in [2.75, 3.05) is 18.4 Å². The fourth-order valence-corrected chi connectivity index (χ4v) is 4.09. The number of piperidine rings is 1. The Hall–Kier alpha value is -2.28. The maximum absolute atomic E-state index is 12.5. The second kappa shape index (κ2) is 8.40. The van der Waals surface area contributed by atoms with E-state index < -0.39 is 0 Å². The lowest BCUT2D eigenvalue weighted by Gasteiger charge is -2.32. The predicted molar refractivity (Wildman–Crippen MR) is 102 cm³/mol. The summed E-state index contributed by atoms with van der Waals surface area (Å²) in [6.07, 6.45) is 5.85. The van der Waals surface area contributed by atoms with Gasteiger partial charge in [-0.05, 0) is 56.2 Å². The van der Waals surface area contributed by atoms with Gasteiger partial charge in [-0.25, -0.2) is 9.97 Å². The monoisotopic (exact) mass is 372 g/mol. The number of nitrogens with zero attached hydrogens (tertiary/aromatic N) is 3. The Morgan fingerprint density at radius 1 is 1.31 bits per heavy atom. The molecule has 26 heavy (non-hydrogen) atoms. The van der Waals surface area contributed by atoms with Gasteiger partial charge in [0.2, 0.25) is 5.91 Å². The fraction of sp³-hybridized carbons (Fsp3) is 0.474. The molecule has 6 nitrogen and oxygen atoms in total. The van der Waals surface area contributed by atoms with E-state index in [9.17, 15) is 9.59 Å². The molecule has 0 saturated carbocycles.